The van der Waals surface area contributed by atoms with E-state index in [1.807, 2.05) is 11.8 Å². The van der Waals surface area contributed by atoms with Crippen molar-refractivity contribution >= 4 is 23.5 Å². The van der Waals surface area contributed by atoms with E-state index in [0.717, 1.165) is 31.6 Å². The minimum Gasteiger partial charge on any atom is -0.465 e. The molecule has 0 saturated carbocycles. The van der Waals surface area contributed by atoms with E-state index in [2.05, 4.69) is 22.2 Å². The smallest absolute Gasteiger partial charge is 0.337 e. The minimum atomic E-state index is -0.392. The van der Waals surface area contributed by atoms with Crippen molar-refractivity contribution in [2.75, 3.05) is 25.5 Å². The second kappa shape index (κ2) is 8.16. The molecule has 0 aliphatic carbocycles. The molecule has 0 spiro atoms. The van der Waals surface area contributed by atoms with Gasteiger partial charge in [0.2, 0.25) is 5.95 Å². The van der Waals surface area contributed by atoms with Crippen LogP contribution in [0.1, 0.15) is 46.3 Å². The van der Waals surface area contributed by atoms with Gasteiger partial charge in [-0.05, 0) is 56.0 Å². The average molecular weight is 368 g/mol. The van der Waals surface area contributed by atoms with Crippen LogP contribution < -0.4 is 5.32 Å². The number of nitrogens with one attached hydrogen (secondary N) is 1. The molecule has 1 saturated heterocycles. The molecule has 2 heterocycles. The molecule has 1 fully saturated rings. The molecule has 27 heavy (non-hydrogen) atoms. The topological polar surface area (TPSA) is 84.4 Å². The van der Waals surface area contributed by atoms with E-state index in [1.165, 1.54) is 7.11 Å². The molecule has 142 valence electrons. The fourth-order valence-corrected chi connectivity index (χ4v) is 3.04. The number of amides is 1. The van der Waals surface area contributed by atoms with E-state index < -0.39 is 5.97 Å². The van der Waals surface area contributed by atoms with Crippen molar-refractivity contribution in [2.45, 2.75) is 26.7 Å². The van der Waals surface area contributed by atoms with Crippen molar-refractivity contribution in [2.24, 2.45) is 5.92 Å². The zero-order valence-electron chi connectivity index (χ0n) is 15.9. The van der Waals surface area contributed by atoms with Gasteiger partial charge in [-0.2, -0.15) is 0 Å². The molecular weight excluding hydrogens is 344 g/mol. The maximum atomic E-state index is 12.8. The summed E-state index contributed by atoms with van der Waals surface area (Å²) < 4.78 is 4.69. The zero-order chi connectivity index (χ0) is 19.4. The number of hydrogen-bond donors (Lipinski definition) is 1. The van der Waals surface area contributed by atoms with Crippen molar-refractivity contribution in [3.8, 4) is 0 Å². The van der Waals surface area contributed by atoms with Crippen LogP contribution in [0.15, 0.2) is 30.3 Å². The first kappa shape index (κ1) is 18.8. The number of benzene rings is 1. The van der Waals surface area contributed by atoms with Crippen LogP contribution in [0, 0.1) is 12.8 Å². The Hall–Kier alpha value is -2.96. The van der Waals surface area contributed by atoms with Crippen molar-refractivity contribution in [3.05, 3.63) is 47.3 Å². The first-order chi connectivity index (χ1) is 13.0. The molecular formula is C20H24N4O3. The van der Waals surface area contributed by atoms with Gasteiger partial charge in [0, 0.05) is 24.5 Å². The Morgan fingerprint density at radius 1 is 1.15 bits per heavy atom. The number of esters is 1. The lowest BCUT2D eigenvalue weighted by atomic mass is 9.99. The lowest BCUT2D eigenvalue weighted by Gasteiger charge is -2.30. The lowest BCUT2D eigenvalue weighted by Crippen LogP contribution is -2.38. The minimum absolute atomic E-state index is 0.0588. The number of nitrogens with zero attached hydrogens (tertiary/aromatic N) is 3. The lowest BCUT2D eigenvalue weighted by molar-refractivity contribution is 0.0600. The third-order valence-corrected chi connectivity index (χ3v) is 4.71. The second-order valence-electron chi connectivity index (χ2n) is 6.89. The fourth-order valence-electron chi connectivity index (χ4n) is 3.04. The van der Waals surface area contributed by atoms with Gasteiger partial charge >= 0.3 is 5.97 Å². The molecule has 0 unspecified atom stereocenters. The van der Waals surface area contributed by atoms with Gasteiger partial charge in [0.05, 0.1) is 12.7 Å². The summed E-state index contributed by atoms with van der Waals surface area (Å²) in [5, 5.41) is 3.09. The number of ether oxygens (including phenoxy) is 1. The number of rotatable bonds is 4. The highest BCUT2D eigenvalue weighted by Crippen LogP contribution is 2.19. The van der Waals surface area contributed by atoms with E-state index in [4.69, 9.17) is 4.74 Å². The highest BCUT2D eigenvalue weighted by atomic mass is 16.5. The van der Waals surface area contributed by atoms with Crippen molar-refractivity contribution in [1.29, 1.82) is 0 Å². The van der Waals surface area contributed by atoms with Crippen molar-refractivity contribution in [3.63, 3.8) is 0 Å². The summed E-state index contributed by atoms with van der Waals surface area (Å²) in [4.78, 5) is 34.9. The summed E-state index contributed by atoms with van der Waals surface area (Å²) in [6.07, 6.45) is 2.04. The molecule has 1 aliphatic rings. The summed E-state index contributed by atoms with van der Waals surface area (Å²) in [7, 11) is 1.34. The van der Waals surface area contributed by atoms with E-state index >= 15 is 0 Å². The molecule has 1 aromatic carbocycles. The van der Waals surface area contributed by atoms with Crippen LogP contribution in [0.4, 0.5) is 11.6 Å². The molecule has 0 radical (unpaired) electrons. The quantitative estimate of drug-likeness (QED) is 0.835. The van der Waals surface area contributed by atoms with Gasteiger partial charge in [0.25, 0.3) is 5.91 Å². The first-order valence-electron chi connectivity index (χ1n) is 9.06. The predicted molar refractivity (Wildman–Crippen MR) is 102 cm³/mol. The van der Waals surface area contributed by atoms with Crippen LogP contribution in [0.3, 0.4) is 0 Å². The highest BCUT2D eigenvalue weighted by molar-refractivity contribution is 5.93. The number of aromatic nitrogens is 2. The molecule has 3 rings (SSSR count). The van der Waals surface area contributed by atoms with Gasteiger partial charge in [0.1, 0.15) is 5.69 Å². The summed E-state index contributed by atoms with van der Waals surface area (Å²) in [6, 6.07) is 8.51. The molecule has 1 aromatic heterocycles. The first-order valence-corrected chi connectivity index (χ1v) is 9.06. The van der Waals surface area contributed by atoms with Gasteiger partial charge in [-0.1, -0.05) is 6.92 Å². The van der Waals surface area contributed by atoms with Crippen molar-refractivity contribution < 1.29 is 14.3 Å². The van der Waals surface area contributed by atoms with Gasteiger partial charge in [-0.15, -0.1) is 0 Å². The average Bonchev–Trinajstić information content (AvgIpc) is 2.67. The molecule has 1 aliphatic heterocycles. The van der Waals surface area contributed by atoms with E-state index in [9.17, 15) is 9.59 Å². The Morgan fingerprint density at radius 3 is 2.44 bits per heavy atom. The summed E-state index contributed by atoms with van der Waals surface area (Å²) in [5.41, 5.74) is 2.29. The number of likely N-dealkylation sites (tertiary alicyclic amines) is 1. The molecule has 2 aromatic rings. The Kier molecular flexibility index (Phi) is 5.69. The predicted octanol–water partition coefficient (Wildman–Crippen LogP) is 3.19. The molecule has 7 heteroatoms. The molecule has 1 N–H and O–H groups in total. The zero-order valence-corrected chi connectivity index (χ0v) is 15.9. The number of carbonyl (C=O) groups excluding carboxylic acids is 2. The van der Waals surface area contributed by atoms with Crippen LogP contribution >= 0.6 is 0 Å². The van der Waals surface area contributed by atoms with Crippen molar-refractivity contribution in [1.82, 2.24) is 14.9 Å². The van der Waals surface area contributed by atoms with Crippen LogP contribution in [0.5, 0.6) is 0 Å². The van der Waals surface area contributed by atoms with Gasteiger partial charge in [0.15, 0.2) is 0 Å². The Bertz CT molecular complexity index is 828. The number of aryl methyl sites for hydroxylation is 1. The number of piperidine rings is 1. The number of methoxy groups -OCH3 is 1. The second-order valence-corrected chi connectivity index (χ2v) is 6.89. The van der Waals surface area contributed by atoms with Crippen LogP contribution in [0.25, 0.3) is 0 Å². The Labute approximate surface area is 158 Å². The van der Waals surface area contributed by atoms with E-state index in [0.29, 0.717) is 28.8 Å². The molecule has 1 amide bonds. The van der Waals surface area contributed by atoms with Crippen LogP contribution in [-0.2, 0) is 4.74 Å². The number of carbonyl (C=O) groups is 2. The SMILES string of the molecule is COC(=O)c1ccc(Nc2nc(C)cc(C(=O)N3CCC(C)CC3)n2)cc1. The van der Waals surface area contributed by atoms with Crippen LogP contribution in [-0.4, -0.2) is 46.9 Å². The maximum absolute atomic E-state index is 12.8. The highest BCUT2D eigenvalue weighted by Gasteiger charge is 2.23. The summed E-state index contributed by atoms with van der Waals surface area (Å²) in [5.74, 6) is 0.564. The third kappa shape index (κ3) is 4.61. The third-order valence-electron chi connectivity index (χ3n) is 4.71. The molecule has 0 atom stereocenters. The molecule has 7 nitrogen and oxygen atoms in total. The van der Waals surface area contributed by atoms with E-state index in [-0.39, 0.29) is 5.91 Å². The Balaban J connectivity index is 1.75. The Morgan fingerprint density at radius 2 is 1.81 bits per heavy atom. The largest absolute Gasteiger partial charge is 0.465 e. The maximum Gasteiger partial charge on any atom is 0.337 e. The van der Waals surface area contributed by atoms with Gasteiger partial charge < -0.3 is 15.0 Å². The van der Waals surface area contributed by atoms with Gasteiger partial charge in [-0.3, -0.25) is 4.79 Å². The molecule has 0 bridgehead atoms. The van der Waals surface area contributed by atoms with Crippen LogP contribution in [0.2, 0.25) is 0 Å². The summed E-state index contributed by atoms with van der Waals surface area (Å²) in [6.45, 7) is 5.58. The normalized spacial score (nSPS) is 14.7. The fraction of sp³-hybridized carbons (Fsp3) is 0.400. The van der Waals surface area contributed by atoms with E-state index in [1.54, 1.807) is 30.3 Å². The summed E-state index contributed by atoms with van der Waals surface area (Å²) >= 11 is 0. The number of hydrogen-bond acceptors (Lipinski definition) is 6. The van der Waals surface area contributed by atoms with Gasteiger partial charge in [-0.25, -0.2) is 14.8 Å². The number of anilines is 2. The standard InChI is InChI=1S/C20H24N4O3/c1-13-8-10-24(11-9-13)18(25)17-12-14(2)21-20(23-17)22-16-6-4-15(5-7-16)19(26)27-3/h4-7,12-13H,8-11H2,1-3H3,(H,21,22,23). The monoisotopic (exact) mass is 368 g/mol.